The Bertz CT molecular complexity index is 3580. The van der Waals surface area contributed by atoms with Crippen molar-refractivity contribution < 1.29 is 81.2 Å². The van der Waals surface area contributed by atoms with Gasteiger partial charge in [-0.05, 0) is 109 Å². The Kier molecular flexibility index (Phi) is 20.9. The molecular formula is C61H73FN10O17. The zero-order valence-corrected chi connectivity index (χ0v) is 50.8. The number of ether oxygens (including phenoxy) is 4. The lowest BCUT2D eigenvalue weighted by Crippen LogP contribution is -2.57. The van der Waals surface area contributed by atoms with Crippen LogP contribution in [0.1, 0.15) is 113 Å². The van der Waals surface area contributed by atoms with Crippen LogP contribution in [0.5, 0.6) is 0 Å². The van der Waals surface area contributed by atoms with Crippen LogP contribution >= 0.6 is 0 Å². The molecule has 2 aromatic heterocycles. The van der Waals surface area contributed by atoms with Crippen molar-refractivity contribution in [1.82, 2.24) is 51.3 Å². The number of nitrogens with zero attached hydrogens (tertiary/aromatic N) is 4. The minimum Gasteiger partial charge on any atom is -0.459 e. The molecule has 0 fully saturated rings. The van der Waals surface area contributed by atoms with Gasteiger partial charge in [-0.25, -0.2) is 19.0 Å². The maximum absolute atomic E-state index is 15.5. The highest BCUT2D eigenvalue weighted by Gasteiger charge is 2.46. The molecule has 5 atom stereocenters. The number of aromatic nitrogens is 2. The number of amides is 9. The van der Waals surface area contributed by atoms with E-state index in [9.17, 15) is 62.6 Å². The smallest absolute Gasteiger partial charge is 0.410 e. The molecule has 3 aliphatic rings. The highest BCUT2D eigenvalue weighted by atomic mass is 19.1. The third kappa shape index (κ3) is 15.8. The first-order valence-electron chi connectivity index (χ1n) is 28.6. The first-order chi connectivity index (χ1) is 41.9. The van der Waals surface area contributed by atoms with Gasteiger partial charge in [-0.15, -0.1) is 0 Å². The molecule has 476 valence electrons. The van der Waals surface area contributed by atoms with Gasteiger partial charge < -0.3 is 60.5 Å². The van der Waals surface area contributed by atoms with Gasteiger partial charge in [-0.2, -0.15) is 0 Å². The highest BCUT2D eigenvalue weighted by Crippen LogP contribution is 2.46. The molecule has 0 saturated heterocycles. The molecule has 2 aliphatic heterocycles. The molecule has 0 saturated carbocycles. The maximum atomic E-state index is 15.5. The zero-order valence-electron chi connectivity index (χ0n) is 50.8. The van der Waals surface area contributed by atoms with Gasteiger partial charge in [0.2, 0.25) is 41.9 Å². The van der Waals surface area contributed by atoms with Gasteiger partial charge in [0.15, 0.2) is 5.60 Å². The number of pyridine rings is 2. The minimum absolute atomic E-state index is 0.00110. The Morgan fingerprint density at radius 2 is 1.54 bits per heavy atom. The molecule has 89 heavy (non-hydrogen) atoms. The lowest BCUT2D eigenvalue weighted by molar-refractivity contribution is -0.172. The van der Waals surface area contributed by atoms with E-state index in [0.717, 1.165) is 11.0 Å². The third-order valence-corrected chi connectivity index (χ3v) is 14.9. The number of hydrogen-bond acceptors (Lipinski definition) is 18. The summed E-state index contributed by atoms with van der Waals surface area (Å²) in [6.07, 6.45) is -1.00. The summed E-state index contributed by atoms with van der Waals surface area (Å²) < 4.78 is 38.6. The van der Waals surface area contributed by atoms with E-state index >= 15 is 4.39 Å². The van der Waals surface area contributed by atoms with Gasteiger partial charge in [0.05, 0.1) is 61.2 Å². The molecule has 2 aromatic carbocycles. The number of aliphatic hydroxyl groups is 1. The van der Waals surface area contributed by atoms with E-state index in [1.165, 1.54) is 17.6 Å². The fraction of sp³-hybridized carbons (Fsp3) is 0.459. The summed E-state index contributed by atoms with van der Waals surface area (Å²) >= 11 is 0. The van der Waals surface area contributed by atoms with E-state index in [-0.39, 0.29) is 49.0 Å². The molecule has 28 heteroatoms. The number of rotatable bonds is 24. The lowest BCUT2D eigenvalue weighted by atomic mass is 9.81. The van der Waals surface area contributed by atoms with Crippen LogP contribution in [-0.4, -0.2) is 159 Å². The zero-order chi connectivity index (χ0) is 65.4. The second kappa shape index (κ2) is 27.7. The molecule has 7 N–H and O–H groups in total. The lowest BCUT2D eigenvalue weighted by Gasteiger charge is -2.32. The Balaban J connectivity index is 0.938. The van der Waals surface area contributed by atoms with Gasteiger partial charge in [0.25, 0.3) is 11.5 Å². The SMILES string of the molecule is C=CC(=O)N(C=O)[C@@H](CN(CC(=O)OC(C)(C)C)C(=O)OC(C)(C)C)C(=O)NCC(=O)NCC(=O)N[C@@H](Cc1ccccc1)C(=O)NCC(=O)NCO[C@@H](C)C(=O)N[C@H]1CCc2c(C)c(F)cc3nc4c(c1c23)Cn1c-4cc2c(c1=O)COC(=O)[C@]2(O)CC. The van der Waals surface area contributed by atoms with Crippen molar-refractivity contribution in [2.75, 3.05) is 39.5 Å². The summed E-state index contributed by atoms with van der Waals surface area (Å²) in [5.41, 5.74) is -0.613. The van der Waals surface area contributed by atoms with Crippen LogP contribution in [0.15, 0.2) is 59.9 Å². The summed E-state index contributed by atoms with van der Waals surface area (Å²) in [6, 6.07) is 7.50. The molecular weight excluding hydrogens is 1160 g/mol. The van der Waals surface area contributed by atoms with Gasteiger partial charge in [0, 0.05) is 29.0 Å². The van der Waals surface area contributed by atoms with Crippen LogP contribution in [0.3, 0.4) is 0 Å². The van der Waals surface area contributed by atoms with Gasteiger partial charge in [0.1, 0.15) is 55.1 Å². The largest absolute Gasteiger partial charge is 0.459 e. The number of fused-ring (bicyclic) bond motifs is 5. The number of imide groups is 1. The van der Waals surface area contributed by atoms with E-state index in [2.05, 4.69) is 38.5 Å². The van der Waals surface area contributed by atoms with E-state index in [1.807, 2.05) is 0 Å². The van der Waals surface area contributed by atoms with E-state index in [4.69, 9.17) is 23.9 Å². The van der Waals surface area contributed by atoms with Gasteiger partial charge >= 0.3 is 18.0 Å². The molecule has 4 heterocycles. The van der Waals surface area contributed by atoms with Gasteiger partial charge in [-0.3, -0.25) is 57.7 Å². The molecule has 0 radical (unpaired) electrons. The summed E-state index contributed by atoms with van der Waals surface area (Å²) in [5, 5.41) is 27.0. The normalized spacial score (nSPS) is 16.5. The molecule has 4 aromatic rings. The van der Waals surface area contributed by atoms with E-state index in [1.54, 1.807) is 91.8 Å². The second-order valence-electron chi connectivity index (χ2n) is 23.5. The first-order valence-corrected chi connectivity index (χ1v) is 28.6. The molecule has 9 amide bonds. The van der Waals surface area contributed by atoms with E-state index < -0.39 is 151 Å². The fourth-order valence-electron chi connectivity index (χ4n) is 10.4. The maximum Gasteiger partial charge on any atom is 0.410 e. The number of cyclic esters (lactones) is 1. The van der Waals surface area contributed by atoms with E-state index in [0.29, 0.717) is 62.3 Å². The van der Waals surface area contributed by atoms with Crippen LogP contribution in [0.2, 0.25) is 0 Å². The van der Waals surface area contributed by atoms with Crippen LogP contribution < -0.4 is 37.5 Å². The summed E-state index contributed by atoms with van der Waals surface area (Å²) in [6.45, 7) is 12.8. The van der Waals surface area contributed by atoms with Crippen molar-refractivity contribution in [3.8, 4) is 11.4 Å². The topological polar surface area (TPSA) is 358 Å². The average Bonchev–Trinajstić information content (AvgIpc) is 1.63. The number of benzene rings is 2. The quantitative estimate of drug-likeness (QED) is 0.0151. The van der Waals surface area contributed by atoms with Crippen molar-refractivity contribution in [3.63, 3.8) is 0 Å². The minimum atomic E-state index is -2.08. The van der Waals surface area contributed by atoms with Crippen molar-refractivity contribution in [1.29, 1.82) is 0 Å². The van der Waals surface area contributed by atoms with Crippen molar-refractivity contribution in [2.24, 2.45) is 0 Å². The predicted octanol–water partition coefficient (Wildman–Crippen LogP) is 1.30. The number of halogens is 1. The molecule has 1 aliphatic carbocycles. The number of carbonyl (C=O) groups excluding carboxylic acids is 11. The Morgan fingerprint density at radius 1 is 0.888 bits per heavy atom. The van der Waals surface area contributed by atoms with Crippen LogP contribution in [0.25, 0.3) is 22.3 Å². The van der Waals surface area contributed by atoms with Gasteiger partial charge in [-0.1, -0.05) is 43.8 Å². The Hall–Kier alpha value is -9.44. The number of aryl methyl sites for hydroxylation is 1. The average molecular weight is 1240 g/mol. The van der Waals surface area contributed by atoms with Crippen LogP contribution in [0, 0.1) is 12.7 Å². The van der Waals surface area contributed by atoms with Crippen molar-refractivity contribution in [3.05, 3.63) is 110 Å². The summed E-state index contributed by atoms with van der Waals surface area (Å²) in [5.74, 6) is -8.47. The van der Waals surface area contributed by atoms with Crippen molar-refractivity contribution in [2.45, 2.75) is 142 Å². The van der Waals surface area contributed by atoms with Crippen LogP contribution in [-0.2, 0) is 98.5 Å². The number of nitrogens with one attached hydrogen (secondary N) is 6. The number of hydrogen-bond donors (Lipinski definition) is 7. The molecule has 7 rings (SSSR count). The molecule has 0 unspecified atom stereocenters. The van der Waals surface area contributed by atoms with Crippen molar-refractivity contribution >= 4 is 76.7 Å². The summed E-state index contributed by atoms with van der Waals surface area (Å²) in [7, 11) is 0. The predicted molar refractivity (Wildman–Crippen MR) is 314 cm³/mol. The first kappa shape index (κ1) is 67.1. The number of carbonyl (C=O) groups is 11. The number of esters is 2. The monoisotopic (exact) mass is 1240 g/mol. The standard InChI is InChI=1S/C61H73FN10O17/c1-11-48(77)72(31-73)44(27-70(58(84)89-60(8,9)10)28-49(78)88-59(5,6)7)55(81)65-23-45(74)63-25-47(76)67-42(20-34-16-14-13-15-17-34)54(80)64-24-46(75)66-30-87-33(4)53(79)69-40-19-18-35-32(3)39(62)22-41-50(35)51(40)36-26-71-43(52(36)68-41)21-38-37(56(71)82)29-86-57(83)61(38,85)12-2/h11,13-17,21-22,31,33,40,42,44,85H,1,12,18-20,23-30H2,2-10H3,(H,63,74)(H,64,80)(H,65,81)(H,66,75)(H,67,76)(H,69,79)/t33-,40-,42-,44-,61-/m0/s1. The second-order valence-corrected chi connectivity index (χ2v) is 23.5. The van der Waals surface area contributed by atoms with Crippen LogP contribution in [0.4, 0.5) is 9.18 Å². The highest BCUT2D eigenvalue weighted by molar-refractivity contribution is 6.00. The summed E-state index contributed by atoms with van der Waals surface area (Å²) in [4.78, 5) is 165. The fourth-order valence-corrected chi connectivity index (χ4v) is 10.4. The molecule has 0 spiro atoms. The molecule has 0 bridgehead atoms. The Labute approximate surface area is 510 Å². The Morgan fingerprint density at radius 3 is 2.18 bits per heavy atom. The third-order valence-electron chi connectivity index (χ3n) is 14.9. The molecule has 27 nitrogen and oxygen atoms in total.